The van der Waals surface area contributed by atoms with Crippen molar-refractivity contribution in [2.75, 3.05) is 46.6 Å². The van der Waals surface area contributed by atoms with Gasteiger partial charge in [-0.2, -0.15) is 0 Å². The van der Waals surface area contributed by atoms with Crippen LogP contribution >= 0.6 is 0 Å². The summed E-state index contributed by atoms with van der Waals surface area (Å²) in [5.74, 6) is 0.216. The quantitative estimate of drug-likeness (QED) is 0.696. The third kappa shape index (κ3) is 5.02. The number of hydrogen-bond donors (Lipinski definition) is 1. The lowest BCUT2D eigenvalue weighted by atomic mass is 10.0. The van der Waals surface area contributed by atoms with Gasteiger partial charge in [0.15, 0.2) is 0 Å². The molecule has 0 aromatic heterocycles. The molecule has 0 spiro atoms. The van der Waals surface area contributed by atoms with Crippen LogP contribution in [0.15, 0.2) is 0 Å². The minimum atomic E-state index is 0.0263. The predicted octanol–water partition coefficient (Wildman–Crippen LogP) is 0.237. The SMILES string of the molecule is COCCN(CCCN)C(=O)C1CCCOC1. The van der Waals surface area contributed by atoms with E-state index < -0.39 is 0 Å². The molecule has 0 bridgehead atoms. The van der Waals surface area contributed by atoms with Crippen LogP contribution in [0.25, 0.3) is 0 Å². The van der Waals surface area contributed by atoms with Crippen LogP contribution in [0.5, 0.6) is 0 Å². The van der Waals surface area contributed by atoms with Crippen LogP contribution in [0.3, 0.4) is 0 Å². The van der Waals surface area contributed by atoms with Crippen molar-refractivity contribution in [1.82, 2.24) is 4.90 Å². The summed E-state index contributed by atoms with van der Waals surface area (Å²) >= 11 is 0. The number of carbonyl (C=O) groups excluding carboxylic acids is 1. The molecule has 5 nitrogen and oxygen atoms in total. The zero-order valence-electron chi connectivity index (χ0n) is 10.7. The van der Waals surface area contributed by atoms with Gasteiger partial charge in [0.05, 0.1) is 19.1 Å². The Morgan fingerprint density at radius 1 is 1.53 bits per heavy atom. The van der Waals surface area contributed by atoms with E-state index >= 15 is 0 Å². The predicted molar refractivity (Wildman–Crippen MR) is 65.7 cm³/mol. The number of rotatable bonds is 7. The molecule has 1 aliphatic rings. The molecule has 1 atom stereocenters. The molecule has 1 amide bonds. The molecule has 0 aromatic carbocycles. The van der Waals surface area contributed by atoms with Gasteiger partial charge in [-0.1, -0.05) is 0 Å². The zero-order chi connectivity index (χ0) is 12.5. The molecule has 1 saturated heterocycles. The average Bonchev–Trinajstić information content (AvgIpc) is 2.39. The van der Waals surface area contributed by atoms with Crippen LogP contribution in [-0.2, 0) is 14.3 Å². The molecule has 5 heteroatoms. The second-order valence-corrected chi connectivity index (χ2v) is 4.37. The zero-order valence-corrected chi connectivity index (χ0v) is 10.7. The summed E-state index contributed by atoms with van der Waals surface area (Å²) in [5.41, 5.74) is 5.49. The van der Waals surface area contributed by atoms with Gasteiger partial charge in [0.2, 0.25) is 5.91 Å². The average molecular weight is 244 g/mol. The van der Waals surface area contributed by atoms with Crippen LogP contribution in [-0.4, -0.2) is 57.4 Å². The first-order valence-corrected chi connectivity index (χ1v) is 6.35. The monoisotopic (exact) mass is 244 g/mol. The van der Waals surface area contributed by atoms with Gasteiger partial charge in [0, 0.05) is 26.8 Å². The minimum absolute atomic E-state index is 0.0263. The van der Waals surface area contributed by atoms with Crippen molar-refractivity contribution in [2.24, 2.45) is 11.7 Å². The van der Waals surface area contributed by atoms with Crippen molar-refractivity contribution in [3.8, 4) is 0 Å². The molecule has 2 N–H and O–H groups in total. The molecule has 0 radical (unpaired) electrons. The first-order chi connectivity index (χ1) is 8.29. The molecule has 0 saturated carbocycles. The van der Waals surface area contributed by atoms with E-state index in [1.165, 1.54) is 0 Å². The Kier molecular flexibility index (Phi) is 7.16. The third-order valence-electron chi connectivity index (χ3n) is 3.02. The summed E-state index contributed by atoms with van der Waals surface area (Å²) in [7, 11) is 1.65. The summed E-state index contributed by atoms with van der Waals surface area (Å²) in [6.07, 6.45) is 2.75. The molecule has 1 fully saturated rings. The summed E-state index contributed by atoms with van der Waals surface area (Å²) in [4.78, 5) is 14.1. The molecule has 17 heavy (non-hydrogen) atoms. The molecular weight excluding hydrogens is 220 g/mol. The molecule has 1 rings (SSSR count). The molecular formula is C12H24N2O3. The van der Waals surface area contributed by atoms with Crippen molar-refractivity contribution in [1.29, 1.82) is 0 Å². The molecule has 0 aromatic rings. The highest BCUT2D eigenvalue weighted by Gasteiger charge is 2.25. The number of hydrogen-bond acceptors (Lipinski definition) is 4. The summed E-state index contributed by atoms with van der Waals surface area (Å²) < 4.78 is 10.4. The Hall–Kier alpha value is -0.650. The summed E-state index contributed by atoms with van der Waals surface area (Å²) in [6, 6.07) is 0. The molecule has 1 aliphatic heterocycles. The highest BCUT2D eigenvalue weighted by atomic mass is 16.5. The maximum atomic E-state index is 12.3. The lowest BCUT2D eigenvalue weighted by Gasteiger charge is -2.29. The maximum absolute atomic E-state index is 12.3. The molecule has 100 valence electrons. The van der Waals surface area contributed by atoms with Gasteiger partial charge >= 0.3 is 0 Å². The minimum Gasteiger partial charge on any atom is -0.383 e. The van der Waals surface area contributed by atoms with E-state index in [4.69, 9.17) is 15.2 Å². The van der Waals surface area contributed by atoms with Gasteiger partial charge in [-0.05, 0) is 25.8 Å². The lowest BCUT2D eigenvalue weighted by Crippen LogP contribution is -2.42. The Morgan fingerprint density at radius 3 is 2.94 bits per heavy atom. The topological polar surface area (TPSA) is 64.8 Å². The van der Waals surface area contributed by atoms with Crippen LogP contribution < -0.4 is 5.73 Å². The van der Waals surface area contributed by atoms with Gasteiger partial charge in [-0.15, -0.1) is 0 Å². The van der Waals surface area contributed by atoms with Gasteiger partial charge in [0.1, 0.15) is 0 Å². The van der Waals surface area contributed by atoms with Crippen molar-refractivity contribution in [2.45, 2.75) is 19.3 Å². The van der Waals surface area contributed by atoms with Crippen LogP contribution in [0.2, 0.25) is 0 Å². The fraction of sp³-hybridized carbons (Fsp3) is 0.917. The molecule has 1 heterocycles. The fourth-order valence-electron chi connectivity index (χ4n) is 2.01. The van der Waals surface area contributed by atoms with Gasteiger partial charge in [-0.25, -0.2) is 0 Å². The molecule has 1 unspecified atom stereocenters. The second-order valence-electron chi connectivity index (χ2n) is 4.37. The van der Waals surface area contributed by atoms with E-state index in [-0.39, 0.29) is 11.8 Å². The molecule has 0 aliphatic carbocycles. The first-order valence-electron chi connectivity index (χ1n) is 6.35. The van der Waals surface area contributed by atoms with E-state index in [0.29, 0.717) is 26.3 Å². The van der Waals surface area contributed by atoms with E-state index in [1.807, 2.05) is 4.90 Å². The van der Waals surface area contributed by atoms with E-state index in [1.54, 1.807) is 7.11 Å². The third-order valence-corrected chi connectivity index (χ3v) is 3.02. The van der Waals surface area contributed by atoms with Gasteiger partial charge < -0.3 is 20.1 Å². The van der Waals surface area contributed by atoms with Crippen molar-refractivity contribution in [3.63, 3.8) is 0 Å². The van der Waals surface area contributed by atoms with E-state index in [9.17, 15) is 4.79 Å². The first kappa shape index (κ1) is 14.4. The Bertz CT molecular complexity index is 210. The fourth-order valence-corrected chi connectivity index (χ4v) is 2.01. The van der Waals surface area contributed by atoms with Crippen LogP contribution in [0.1, 0.15) is 19.3 Å². The van der Waals surface area contributed by atoms with E-state index in [0.717, 1.165) is 32.4 Å². The smallest absolute Gasteiger partial charge is 0.228 e. The Balaban J connectivity index is 2.44. The van der Waals surface area contributed by atoms with Crippen LogP contribution in [0, 0.1) is 5.92 Å². The Morgan fingerprint density at radius 2 is 2.35 bits per heavy atom. The summed E-state index contributed by atoms with van der Waals surface area (Å²) in [5, 5.41) is 0. The number of nitrogens with zero attached hydrogens (tertiary/aromatic N) is 1. The second kappa shape index (κ2) is 8.44. The van der Waals surface area contributed by atoms with E-state index in [2.05, 4.69) is 0 Å². The van der Waals surface area contributed by atoms with Crippen LogP contribution in [0.4, 0.5) is 0 Å². The van der Waals surface area contributed by atoms with Crippen molar-refractivity contribution in [3.05, 3.63) is 0 Å². The van der Waals surface area contributed by atoms with Gasteiger partial charge in [-0.3, -0.25) is 4.79 Å². The normalized spacial score (nSPS) is 20.2. The number of nitrogens with two attached hydrogens (primary N) is 1. The van der Waals surface area contributed by atoms with Crippen molar-refractivity contribution < 1.29 is 14.3 Å². The summed E-state index contributed by atoms with van der Waals surface area (Å²) in [6.45, 7) is 3.89. The number of ether oxygens (including phenoxy) is 2. The Labute approximate surface area is 103 Å². The largest absolute Gasteiger partial charge is 0.383 e. The highest BCUT2D eigenvalue weighted by Crippen LogP contribution is 2.16. The highest BCUT2D eigenvalue weighted by molar-refractivity contribution is 5.79. The number of amides is 1. The maximum Gasteiger partial charge on any atom is 0.228 e. The lowest BCUT2D eigenvalue weighted by molar-refractivity contribution is -0.140. The number of methoxy groups -OCH3 is 1. The standard InChI is InChI=1S/C12H24N2O3/c1-16-9-7-14(6-3-5-13)12(15)11-4-2-8-17-10-11/h11H,2-10,13H2,1H3. The number of carbonyl (C=O) groups is 1. The van der Waals surface area contributed by atoms with Crippen molar-refractivity contribution >= 4 is 5.91 Å². The van der Waals surface area contributed by atoms with Gasteiger partial charge in [0.25, 0.3) is 0 Å².